The number of rotatable bonds is 29. The smallest absolute Gasteiger partial charge is 0.446 e. The Bertz CT molecular complexity index is 2560. The van der Waals surface area contributed by atoms with Gasteiger partial charge in [-0.15, -0.1) is 0 Å². The van der Waals surface area contributed by atoms with E-state index >= 15 is 0 Å². The van der Waals surface area contributed by atoms with Crippen molar-refractivity contribution in [3.63, 3.8) is 0 Å². The Morgan fingerprint density at radius 2 is 1.33 bits per heavy atom. The maximum absolute atomic E-state index is 14.3. The first kappa shape index (κ1) is 55.3. The van der Waals surface area contributed by atoms with Gasteiger partial charge in [0, 0.05) is 43.4 Å². The van der Waals surface area contributed by atoms with Gasteiger partial charge in [0.1, 0.15) is 36.0 Å². The van der Waals surface area contributed by atoms with Gasteiger partial charge in [-0.1, -0.05) is 100 Å². The van der Waals surface area contributed by atoms with Crippen LogP contribution in [0.15, 0.2) is 85.1 Å². The van der Waals surface area contributed by atoms with Crippen molar-refractivity contribution in [2.45, 2.75) is 115 Å². The van der Waals surface area contributed by atoms with Gasteiger partial charge in [-0.25, -0.2) is 0 Å². The molecule has 378 valence electrons. The topological polar surface area (TPSA) is 326 Å². The number of amides is 7. The third-order valence-corrected chi connectivity index (χ3v) is 11.7. The summed E-state index contributed by atoms with van der Waals surface area (Å²) in [7, 11) is -3.49. The van der Waals surface area contributed by atoms with Crippen molar-refractivity contribution < 1.29 is 60.6 Å². The van der Waals surface area contributed by atoms with Crippen LogP contribution in [0, 0.1) is 0 Å². The fourth-order valence-electron chi connectivity index (χ4n) is 7.55. The number of para-hydroxylation sites is 1. The molecule has 0 aliphatic carbocycles. The molecular formula is C48H62N8O13S. The molecule has 0 aliphatic heterocycles. The fraction of sp³-hybridized carbons (Fsp3) is 0.417. The second-order valence-electron chi connectivity index (χ2n) is 16.7. The molecule has 70 heavy (non-hydrogen) atoms. The Morgan fingerprint density at radius 1 is 0.714 bits per heavy atom. The van der Waals surface area contributed by atoms with Gasteiger partial charge in [0.2, 0.25) is 41.4 Å². The van der Waals surface area contributed by atoms with Crippen LogP contribution in [-0.4, -0.2) is 119 Å². The summed E-state index contributed by atoms with van der Waals surface area (Å²) in [5.41, 5.74) is 8.30. The number of H-pyrrole nitrogens is 1. The average Bonchev–Trinajstić information content (AvgIpc) is 3.73. The van der Waals surface area contributed by atoms with Crippen LogP contribution in [-0.2, 0) is 68.0 Å². The molecule has 5 atom stereocenters. The molecule has 0 bridgehead atoms. The Labute approximate surface area is 406 Å². The summed E-state index contributed by atoms with van der Waals surface area (Å²) < 4.78 is 35.2. The van der Waals surface area contributed by atoms with Gasteiger partial charge in [0.05, 0.1) is 13.0 Å². The van der Waals surface area contributed by atoms with Crippen molar-refractivity contribution in [3.8, 4) is 5.75 Å². The number of hydrogen-bond acceptors (Lipinski definition) is 11. The van der Waals surface area contributed by atoms with Crippen LogP contribution < -0.4 is 36.5 Å². The molecule has 10 N–H and O–H groups in total. The summed E-state index contributed by atoms with van der Waals surface area (Å²) in [5, 5.41) is 23.7. The maximum Gasteiger partial charge on any atom is 0.446 e. The summed E-state index contributed by atoms with van der Waals surface area (Å²) in [6.45, 7) is 3.15. The number of carbonyl (C=O) groups is 8. The van der Waals surface area contributed by atoms with E-state index in [1.165, 1.54) is 31.3 Å². The Kier molecular flexibility index (Phi) is 21.3. The van der Waals surface area contributed by atoms with Crippen LogP contribution in [0.4, 0.5) is 0 Å². The minimum Gasteiger partial charge on any atom is -0.481 e. The zero-order valence-electron chi connectivity index (χ0n) is 39.3. The number of benzene rings is 3. The van der Waals surface area contributed by atoms with E-state index in [2.05, 4.69) is 35.8 Å². The first-order chi connectivity index (χ1) is 33.3. The molecule has 0 saturated carbocycles. The summed E-state index contributed by atoms with van der Waals surface area (Å²) in [4.78, 5) is 111. The molecular weight excluding hydrogens is 929 g/mol. The zero-order valence-corrected chi connectivity index (χ0v) is 40.1. The van der Waals surface area contributed by atoms with Gasteiger partial charge in [-0.3, -0.25) is 42.9 Å². The van der Waals surface area contributed by atoms with Crippen molar-refractivity contribution >= 4 is 68.6 Å². The minimum absolute atomic E-state index is 0.000603. The van der Waals surface area contributed by atoms with E-state index in [9.17, 15) is 51.9 Å². The molecule has 1 aromatic heterocycles. The highest BCUT2D eigenvalue weighted by Crippen LogP contribution is 2.20. The zero-order chi connectivity index (χ0) is 51.4. The third kappa shape index (κ3) is 18.0. The standard InChI is InChI=1S/C48H62N8O13S/c1-4-6-16-36(52-41(57)24-21-30-19-22-33(23-20-30)69-70(66,67)68)45(62)51-29-42(58)53-39(26-32-28-50-35-18-12-11-15-34(32)35)46(63)54-37(17-7-5-2)48(65)56(3)40(27-43(59)60)47(64)55-38(44(49)61)25-31-13-9-8-10-14-31/h8-15,18-20,22-23,28,36-40,50H,4-7,16-17,21,24-27,29H2,1-3H3,(H2,49,61)(H,51,62)(H,52,57)(H,53,58)(H,54,63)(H,55,64)(H,59,60)(H,66,67,68)/t36-,37-,38-,39?,40-/m0/s1. The molecule has 3 aromatic carbocycles. The molecule has 1 heterocycles. The van der Waals surface area contributed by atoms with Crippen molar-refractivity contribution in [3.05, 3.63) is 102 Å². The van der Waals surface area contributed by atoms with E-state index in [0.29, 0.717) is 42.4 Å². The fourth-order valence-corrected chi connectivity index (χ4v) is 7.90. The summed E-state index contributed by atoms with van der Waals surface area (Å²) >= 11 is 0. The number of aromatic amines is 1. The number of carboxylic acid groups (broad SMARTS) is 1. The van der Waals surface area contributed by atoms with Crippen molar-refractivity contribution in [1.29, 1.82) is 0 Å². The first-order valence-electron chi connectivity index (χ1n) is 22.9. The number of carbonyl (C=O) groups excluding carboxylic acids is 7. The van der Waals surface area contributed by atoms with Crippen LogP contribution in [0.25, 0.3) is 10.9 Å². The Hall–Kier alpha value is -7.33. The Morgan fingerprint density at radius 3 is 1.96 bits per heavy atom. The van der Waals surface area contributed by atoms with Gasteiger partial charge in [0.15, 0.2) is 0 Å². The van der Waals surface area contributed by atoms with E-state index in [0.717, 1.165) is 15.8 Å². The number of likely N-dealkylation sites (N-methyl/N-ethyl adjacent to an activating group) is 1. The summed E-state index contributed by atoms with van der Waals surface area (Å²) in [6, 6.07) is 15.0. The van der Waals surface area contributed by atoms with E-state index in [4.69, 9.17) is 10.3 Å². The van der Waals surface area contributed by atoms with Crippen LogP contribution >= 0.6 is 0 Å². The number of nitrogens with one attached hydrogen (secondary N) is 6. The maximum atomic E-state index is 14.3. The van der Waals surface area contributed by atoms with Crippen molar-refractivity contribution in [2.75, 3.05) is 13.6 Å². The number of nitrogens with zero attached hydrogens (tertiary/aromatic N) is 1. The van der Waals surface area contributed by atoms with Crippen LogP contribution in [0.5, 0.6) is 5.75 Å². The first-order valence-corrected chi connectivity index (χ1v) is 24.2. The highest BCUT2D eigenvalue weighted by molar-refractivity contribution is 7.81. The number of fused-ring (bicyclic) bond motifs is 1. The van der Waals surface area contributed by atoms with E-state index in [1.54, 1.807) is 42.6 Å². The lowest BCUT2D eigenvalue weighted by atomic mass is 10.0. The highest BCUT2D eigenvalue weighted by atomic mass is 32.3. The quantitative estimate of drug-likeness (QED) is 0.0352. The van der Waals surface area contributed by atoms with Gasteiger partial charge in [-0.05, 0) is 54.2 Å². The number of unbranched alkanes of at least 4 members (excludes halogenated alkanes) is 2. The molecule has 1 unspecified atom stereocenters. The predicted octanol–water partition coefficient (Wildman–Crippen LogP) is 1.99. The highest BCUT2D eigenvalue weighted by Gasteiger charge is 2.36. The molecule has 0 saturated heterocycles. The SMILES string of the molecule is CCCC[C@H](NC(=O)CCc1ccc(OS(=O)(=O)O)cc1)C(=O)NCC(=O)NC(Cc1c[nH]c2ccccc12)C(=O)N[C@@H](CCCC)C(=O)N(C)[C@@H](CC(=O)O)C(=O)N[C@@H](Cc1ccccc1)C(N)=O. The molecule has 4 aromatic rings. The molecule has 0 spiro atoms. The second kappa shape index (κ2) is 27.0. The van der Waals surface area contributed by atoms with E-state index in [-0.39, 0.29) is 44.3 Å². The Balaban J connectivity index is 1.49. The summed E-state index contributed by atoms with van der Waals surface area (Å²) in [5.74, 6) is -6.89. The van der Waals surface area contributed by atoms with E-state index in [1.807, 2.05) is 32.0 Å². The van der Waals surface area contributed by atoms with Crippen molar-refractivity contribution in [1.82, 2.24) is 36.5 Å². The van der Waals surface area contributed by atoms with Gasteiger partial charge < -0.3 is 51.5 Å². The van der Waals surface area contributed by atoms with Gasteiger partial charge in [0.25, 0.3) is 0 Å². The lowest BCUT2D eigenvalue weighted by Crippen LogP contribution is -2.59. The largest absolute Gasteiger partial charge is 0.481 e. The molecule has 0 fully saturated rings. The normalized spacial score (nSPS) is 13.4. The monoisotopic (exact) mass is 990 g/mol. The molecule has 0 aliphatic rings. The number of primary amides is 1. The van der Waals surface area contributed by atoms with Crippen LogP contribution in [0.1, 0.15) is 81.9 Å². The van der Waals surface area contributed by atoms with Crippen LogP contribution in [0.2, 0.25) is 0 Å². The van der Waals surface area contributed by atoms with E-state index < -0.39 is 101 Å². The second-order valence-corrected chi connectivity index (χ2v) is 17.8. The lowest BCUT2D eigenvalue weighted by molar-refractivity contribution is -0.147. The molecule has 21 nitrogen and oxygen atoms in total. The van der Waals surface area contributed by atoms with Gasteiger partial charge in [-0.2, -0.15) is 8.42 Å². The number of nitrogens with two attached hydrogens (primary N) is 1. The average molecular weight is 991 g/mol. The third-order valence-electron chi connectivity index (χ3n) is 11.3. The van der Waals surface area contributed by atoms with Crippen LogP contribution in [0.3, 0.4) is 0 Å². The number of carboxylic acids is 1. The molecule has 0 radical (unpaired) electrons. The molecule has 4 rings (SSSR count). The number of aliphatic carboxylic acids is 1. The number of aryl methyl sites for hydroxylation is 1. The molecule has 22 heteroatoms. The lowest BCUT2D eigenvalue weighted by Gasteiger charge is -2.31. The number of aromatic nitrogens is 1. The number of hydrogen-bond donors (Lipinski definition) is 9. The summed E-state index contributed by atoms with van der Waals surface area (Å²) in [6.07, 6.45) is 3.50. The minimum atomic E-state index is -4.71. The predicted molar refractivity (Wildman–Crippen MR) is 257 cm³/mol. The van der Waals surface area contributed by atoms with Gasteiger partial charge >= 0.3 is 16.4 Å². The molecule has 7 amide bonds. The van der Waals surface area contributed by atoms with Crippen molar-refractivity contribution in [2.24, 2.45) is 5.73 Å².